The molecule has 0 amide bonds. The molecule has 0 aliphatic rings. The predicted molar refractivity (Wildman–Crippen MR) is 64.4 cm³/mol. The van der Waals surface area contributed by atoms with Gasteiger partial charge in [0.25, 0.3) is 0 Å². The average molecular weight is 256 g/mol. The first-order valence-electron chi connectivity index (χ1n) is 4.60. The maximum Gasteiger partial charge on any atom is 0.240 e. The molecule has 0 saturated heterocycles. The number of halogens is 1. The summed E-state index contributed by atoms with van der Waals surface area (Å²) in [4.78, 5) is 5.20. The minimum Gasteiger partial charge on any atom is -0.338 e. The fourth-order valence-electron chi connectivity index (χ4n) is 1.26. The van der Waals surface area contributed by atoms with E-state index >= 15 is 0 Å². The van der Waals surface area contributed by atoms with Crippen LogP contribution in [0.4, 0.5) is 0 Å². The van der Waals surface area contributed by atoms with Gasteiger partial charge in [-0.05, 0) is 24.5 Å². The maximum absolute atomic E-state index is 6.00. The third-order valence-electron chi connectivity index (χ3n) is 2.01. The third kappa shape index (κ3) is 2.37. The molecule has 2 N–H and O–H groups in total. The average Bonchev–Trinajstić information content (AvgIpc) is 2.76. The van der Waals surface area contributed by atoms with Crippen molar-refractivity contribution in [3.8, 4) is 11.4 Å². The first-order valence-corrected chi connectivity index (χ1v) is 6.21. The van der Waals surface area contributed by atoms with Crippen LogP contribution in [0.15, 0.2) is 27.6 Å². The van der Waals surface area contributed by atoms with E-state index in [1.54, 1.807) is 17.8 Å². The molecule has 1 heterocycles. The minimum absolute atomic E-state index is 0.239. The SMILES string of the molecule is CSc1cc(Cl)cc(-c2noc(CN)n2)c1. The van der Waals surface area contributed by atoms with Gasteiger partial charge >= 0.3 is 0 Å². The molecular formula is C10H10ClN3OS. The standard InChI is InChI=1S/C10H10ClN3OS/c1-16-8-3-6(2-7(11)4-8)10-13-9(5-12)15-14-10/h2-4H,5,12H2,1H3. The van der Waals surface area contributed by atoms with E-state index in [4.69, 9.17) is 21.9 Å². The molecule has 16 heavy (non-hydrogen) atoms. The lowest BCUT2D eigenvalue weighted by atomic mass is 10.2. The molecule has 0 atom stereocenters. The Kier molecular flexibility index (Phi) is 3.48. The highest BCUT2D eigenvalue weighted by atomic mass is 35.5. The molecular weight excluding hydrogens is 246 g/mol. The van der Waals surface area contributed by atoms with Crippen molar-refractivity contribution in [2.45, 2.75) is 11.4 Å². The van der Waals surface area contributed by atoms with Gasteiger partial charge in [-0.15, -0.1) is 11.8 Å². The summed E-state index contributed by atoms with van der Waals surface area (Å²) < 4.78 is 4.95. The number of benzene rings is 1. The molecule has 84 valence electrons. The fourth-order valence-corrected chi connectivity index (χ4v) is 2.05. The summed E-state index contributed by atoms with van der Waals surface area (Å²) in [5.74, 6) is 0.930. The number of rotatable bonds is 3. The van der Waals surface area contributed by atoms with Crippen molar-refractivity contribution in [1.29, 1.82) is 0 Å². The molecule has 1 aromatic heterocycles. The highest BCUT2D eigenvalue weighted by Gasteiger charge is 2.09. The Morgan fingerprint density at radius 2 is 2.25 bits per heavy atom. The van der Waals surface area contributed by atoms with Crippen molar-refractivity contribution in [1.82, 2.24) is 10.1 Å². The summed E-state index contributed by atoms with van der Waals surface area (Å²) in [5.41, 5.74) is 6.23. The molecule has 1 aromatic carbocycles. The van der Waals surface area contributed by atoms with Crippen LogP contribution in [-0.4, -0.2) is 16.4 Å². The maximum atomic E-state index is 6.00. The lowest BCUT2D eigenvalue weighted by molar-refractivity contribution is 0.380. The number of hydrogen-bond donors (Lipinski definition) is 1. The van der Waals surface area contributed by atoms with Crippen molar-refractivity contribution >= 4 is 23.4 Å². The quantitative estimate of drug-likeness (QED) is 0.854. The fraction of sp³-hybridized carbons (Fsp3) is 0.200. The van der Waals surface area contributed by atoms with Crippen LogP contribution in [0.25, 0.3) is 11.4 Å². The Morgan fingerprint density at radius 1 is 1.44 bits per heavy atom. The Labute approximate surface area is 102 Å². The number of aromatic nitrogens is 2. The first kappa shape index (κ1) is 11.4. The van der Waals surface area contributed by atoms with E-state index in [0.29, 0.717) is 16.7 Å². The molecule has 0 unspecified atom stereocenters. The Bertz CT molecular complexity index is 501. The topological polar surface area (TPSA) is 64.9 Å². The van der Waals surface area contributed by atoms with Gasteiger partial charge in [0.05, 0.1) is 6.54 Å². The smallest absolute Gasteiger partial charge is 0.240 e. The van der Waals surface area contributed by atoms with Crippen molar-refractivity contribution in [2.75, 3.05) is 6.26 Å². The van der Waals surface area contributed by atoms with Crippen LogP contribution < -0.4 is 5.73 Å². The van der Waals surface area contributed by atoms with Crippen LogP contribution in [0.3, 0.4) is 0 Å². The van der Waals surface area contributed by atoms with E-state index in [1.165, 1.54) is 0 Å². The van der Waals surface area contributed by atoms with Crippen LogP contribution in [0.1, 0.15) is 5.89 Å². The van der Waals surface area contributed by atoms with E-state index < -0.39 is 0 Å². The minimum atomic E-state index is 0.239. The van der Waals surface area contributed by atoms with Gasteiger partial charge in [-0.1, -0.05) is 16.8 Å². The summed E-state index contributed by atoms with van der Waals surface area (Å²) in [5, 5.41) is 4.49. The zero-order valence-corrected chi connectivity index (χ0v) is 10.2. The van der Waals surface area contributed by atoms with Crippen molar-refractivity contribution in [3.63, 3.8) is 0 Å². The summed E-state index contributed by atoms with van der Waals surface area (Å²) >= 11 is 7.60. The van der Waals surface area contributed by atoms with Gasteiger partial charge < -0.3 is 10.3 Å². The zero-order chi connectivity index (χ0) is 11.5. The number of nitrogens with two attached hydrogens (primary N) is 1. The van der Waals surface area contributed by atoms with Crippen LogP contribution in [0.5, 0.6) is 0 Å². The molecule has 0 saturated carbocycles. The Balaban J connectivity index is 2.42. The molecule has 0 fully saturated rings. The summed E-state index contributed by atoms with van der Waals surface area (Å²) in [6.45, 7) is 0.239. The van der Waals surface area contributed by atoms with Gasteiger partial charge in [-0.3, -0.25) is 0 Å². The molecule has 2 rings (SSSR count). The molecule has 2 aromatic rings. The van der Waals surface area contributed by atoms with Crippen molar-refractivity contribution < 1.29 is 4.52 Å². The van der Waals surface area contributed by atoms with Gasteiger partial charge in [0.2, 0.25) is 11.7 Å². The van der Waals surface area contributed by atoms with E-state index in [9.17, 15) is 0 Å². The number of hydrogen-bond acceptors (Lipinski definition) is 5. The highest BCUT2D eigenvalue weighted by Crippen LogP contribution is 2.27. The van der Waals surface area contributed by atoms with Gasteiger partial charge in [0.15, 0.2) is 0 Å². The van der Waals surface area contributed by atoms with Gasteiger partial charge in [-0.2, -0.15) is 4.98 Å². The lowest BCUT2D eigenvalue weighted by Crippen LogP contribution is -1.95. The molecule has 0 spiro atoms. The van der Waals surface area contributed by atoms with E-state index in [0.717, 1.165) is 10.5 Å². The van der Waals surface area contributed by atoms with Crippen molar-refractivity contribution in [3.05, 3.63) is 29.1 Å². The molecule has 6 heteroatoms. The summed E-state index contributed by atoms with van der Waals surface area (Å²) in [6.07, 6.45) is 1.98. The monoisotopic (exact) mass is 255 g/mol. The van der Waals surface area contributed by atoms with Crippen LogP contribution >= 0.6 is 23.4 Å². The predicted octanol–water partition coefficient (Wildman–Crippen LogP) is 2.57. The van der Waals surface area contributed by atoms with Gasteiger partial charge in [-0.25, -0.2) is 0 Å². The highest BCUT2D eigenvalue weighted by molar-refractivity contribution is 7.98. The third-order valence-corrected chi connectivity index (χ3v) is 2.93. The van der Waals surface area contributed by atoms with E-state index in [2.05, 4.69) is 10.1 Å². The largest absolute Gasteiger partial charge is 0.338 e. The van der Waals surface area contributed by atoms with E-state index in [1.807, 2.05) is 18.4 Å². The number of nitrogens with zero attached hydrogens (tertiary/aromatic N) is 2. The second-order valence-electron chi connectivity index (χ2n) is 3.10. The molecule has 0 aliphatic heterocycles. The lowest BCUT2D eigenvalue weighted by Gasteiger charge is -2.00. The Hall–Kier alpha value is -1.04. The van der Waals surface area contributed by atoms with Gasteiger partial charge in [0.1, 0.15) is 0 Å². The van der Waals surface area contributed by atoms with E-state index in [-0.39, 0.29) is 6.54 Å². The summed E-state index contributed by atoms with van der Waals surface area (Å²) in [6, 6.07) is 5.65. The number of thioether (sulfide) groups is 1. The molecule has 0 bridgehead atoms. The normalized spacial score (nSPS) is 10.7. The molecule has 4 nitrogen and oxygen atoms in total. The second kappa shape index (κ2) is 4.86. The first-order chi connectivity index (χ1) is 7.72. The second-order valence-corrected chi connectivity index (χ2v) is 4.41. The molecule has 0 radical (unpaired) electrons. The van der Waals surface area contributed by atoms with Crippen LogP contribution in [-0.2, 0) is 6.54 Å². The van der Waals surface area contributed by atoms with Crippen molar-refractivity contribution in [2.24, 2.45) is 5.73 Å². The van der Waals surface area contributed by atoms with Crippen LogP contribution in [0.2, 0.25) is 5.02 Å². The Morgan fingerprint density at radius 3 is 2.88 bits per heavy atom. The summed E-state index contributed by atoms with van der Waals surface area (Å²) in [7, 11) is 0. The zero-order valence-electron chi connectivity index (χ0n) is 8.61. The molecule has 0 aliphatic carbocycles. The van der Waals surface area contributed by atoms with Gasteiger partial charge in [0, 0.05) is 15.5 Å². The van der Waals surface area contributed by atoms with Crippen LogP contribution in [0, 0.1) is 0 Å².